The molecule has 2 atom stereocenters. The number of hydrogen-bond donors (Lipinski definition) is 1. The van der Waals surface area contributed by atoms with Crippen LogP contribution in [-0.2, 0) is 6.54 Å². The molecular formula is C16H24N2O. The fourth-order valence-corrected chi connectivity index (χ4v) is 3.58. The lowest BCUT2D eigenvalue weighted by Crippen LogP contribution is -2.44. The first-order valence-electron chi connectivity index (χ1n) is 7.48. The lowest BCUT2D eigenvalue weighted by atomic mass is 9.99. The van der Waals surface area contributed by atoms with Gasteiger partial charge < -0.3 is 10.1 Å². The van der Waals surface area contributed by atoms with Gasteiger partial charge in [-0.15, -0.1) is 0 Å². The Bertz CT molecular complexity index is 421. The molecule has 0 radical (unpaired) electrons. The van der Waals surface area contributed by atoms with Crippen molar-refractivity contribution in [1.82, 2.24) is 10.2 Å². The van der Waals surface area contributed by atoms with E-state index in [0.717, 1.165) is 18.3 Å². The summed E-state index contributed by atoms with van der Waals surface area (Å²) in [5.41, 5.74) is 1.26. The predicted molar refractivity (Wildman–Crippen MR) is 77.5 cm³/mol. The molecule has 0 aliphatic carbocycles. The molecule has 3 heteroatoms. The van der Waals surface area contributed by atoms with Crippen LogP contribution in [0, 0.1) is 0 Å². The molecule has 1 N–H and O–H groups in total. The van der Waals surface area contributed by atoms with Gasteiger partial charge in [-0.1, -0.05) is 24.6 Å². The SMILES string of the molecule is COc1ccccc1CNC1CCN2CCCCC12. The maximum Gasteiger partial charge on any atom is 0.123 e. The zero-order valence-electron chi connectivity index (χ0n) is 11.8. The number of fused-ring (bicyclic) bond motifs is 1. The third-order valence-corrected chi connectivity index (χ3v) is 4.60. The Kier molecular flexibility index (Phi) is 4.04. The zero-order valence-corrected chi connectivity index (χ0v) is 11.8. The van der Waals surface area contributed by atoms with E-state index in [1.807, 2.05) is 12.1 Å². The Morgan fingerprint density at radius 3 is 3.00 bits per heavy atom. The monoisotopic (exact) mass is 260 g/mol. The van der Waals surface area contributed by atoms with Crippen molar-refractivity contribution in [2.24, 2.45) is 0 Å². The zero-order chi connectivity index (χ0) is 13.1. The number of rotatable bonds is 4. The van der Waals surface area contributed by atoms with E-state index in [4.69, 9.17) is 4.74 Å². The molecule has 1 aromatic rings. The highest BCUT2D eigenvalue weighted by atomic mass is 16.5. The second-order valence-electron chi connectivity index (χ2n) is 5.69. The maximum absolute atomic E-state index is 5.42. The van der Waals surface area contributed by atoms with Gasteiger partial charge in [-0.25, -0.2) is 0 Å². The number of hydrogen-bond acceptors (Lipinski definition) is 3. The van der Waals surface area contributed by atoms with Gasteiger partial charge in [0.1, 0.15) is 5.75 Å². The number of benzene rings is 1. The smallest absolute Gasteiger partial charge is 0.123 e. The standard InChI is InChI=1S/C16H24N2O/c1-19-16-8-3-2-6-13(16)12-17-14-9-11-18-10-5-4-7-15(14)18/h2-3,6,8,14-15,17H,4-5,7,9-12H2,1H3. The normalized spacial score (nSPS) is 27.2. The Hall–Kier alpha value is -1.06. The van der Waals surface area contributed by atoms with E-state index < -0.39 is 0 Å². The Morgan fingerprint density at radius 2 is 2.11 bits per heavy atom. The molecule has 2 aliphatic rings. The highest BCUT2D eigenvalue weighted by Crippen LogP contribution is 2.27. The van der Waals surface area contributed by atoms with E-state index in [2.05, 4.69) is 22.3 Å². The van der Waals surface area contributed by atoms with Crippen molar-refractivity contribution in [1.29, 1.82) is 0 Å². The Labute approximate surface area is 115 Å². The number of ether oxygens (including phenoxy) is 1. The van der Waals surface area contributed by atoms with Gasteiger partial charge in [-0.3, -0.25) is 4.90 Å². The van der Waals surface area contributed by atoms with E-state index in [-0.39, 0.29) is 0 Å². The molecule has 19 heavy (non-hydrogen) atoms. The lowest BCUT2D eigenvalue weighted by molar-refractivity contribution is 0.180. The first kappa shape index (κ1) is 12.9. The van der Waals surface area contributed by atoms with Gasteiger partial charge in [0.05, 0.1) is 7.11 Å². The summed E-state index contributed by atoms with van der Waals surface area (Å²) in [5.74, 6) is 0.994. The highest BCUT2D eigenvalue weighted by molar-refractivity contribution is 5.33. The van der Waals surface area contributed by atoms with Gasteiger partial charge >= 0.3 is 0 Å². The average Bonchev–Trinajstić information content (AvgIpc) is 2.89. The van der Waals surface area contributed by atoms with Gasteiger partial charge in [0.25, 0.3) is 0 Å². The molecule has 2 saturated heterocycles. The van der Waals surface area contributed by atoms with Crippen molar-refractivity contribution in [2.45, 2.75) is 44.3 Å². The van der Waals surface area contributed by atoms with Gasteiger partial charge in [0.2, 0.25) is 0 Å². The number of piperidine rings is 1. The Balaban J connectivity index is 1.60. The second kappa shape index (κ2) is 5.93. The van der Waals surface area contributed by atoms with Crippen LogP contribution >= 0.6 is 0 Å². The van der Waals surface area contributed by atoms with Crippen molar-refractivity contribution in [3.63, 3.8) is 0 Å². The Morgan fingerprint density at radius 1 is 1.21 bits per heavy atom. The molecule has 2 aliphatic heterocycles. The maximum atomic E-state index is 5.42. The summed E-state index contributed by atoms with van der Waals surface area (Å²) in [5, 5.41) is 3.75. The molecule has 0 saturated carbocycles. The fraction of sp³-hybridized carbons (Fsp3) is 0.625. The van der Waals surface area contributed by atoms with Crippen LogP contribution in [0.4, 0.5) is 0 Å². The third kappa shape index (κ3) is 2.77. The number of para-hydroxylation sites is 1. The molecule has 2 unspecified atom stereocenters. The van der Waals surface area contributed by atoms with Gasteiger partial charge in [0, 0.05) is 30.7 Å². The van der Waals surface area contributed by atoms with Gasteiger partial charge in [-0.05, 0) is 31.9 Å². The molecule has 104 valence electrons. The van der Waals surface area contributed by atoms with Crippen LogP contribution in [0.25, 0.3) is 0 Å². The van der Waals surface area contributed by atoms with Crippen molar-refractivity contribution < 1.29 is 4.74 Å². The molecule has 0 bridgehead atoms. The minimum Gasteiger partial charge on any atom is -0.496 e. The van der Waals surface area contributed by atoms with E-state index in [1.165, 1.54) is 44.3 Å². The molecule has 2 fully saturated rings. The van der Waals surface area contributed by atoms with Crippen LogP contribution in [0.1, 0.15) is 31.2 Å². The molecule has 3 nitrogen and oxygen atoms in total. The molecule has 2 heterocycles. The van der Waals surface area contributed by atoms with Gasteiger partial charge in [0.15, 0.2) is 0 Å². The molecule has 0 spiro atoms. The lowest BCUT2D eigenvalue weighted by Gasteiger charge is -2.32. The number of nitrogens with one attached hydrogen (secondary N) is 1. The van der Waals surface area contributed by atoms with E-state index in [1.54, 1.807) is 7.11 Å². The molecule has 1 aromatic carbocycles. The van der Waals surface area contributed by atoms with E-state index in [9.17, 15) is 0 Å². The summed E-state index contributed by atoms with van der Waals surface area (Å²) in [7, 11) is 1.75. The second-order valence-corrected chi connectivity index (χ2v) is 5.69. The van der Waals surface area contributed by atoms with Crippen LogP contribution in [0.3, 0.4) is 0 Å². The van der Waals surface area contributed by atoms with Gasteiger partial charge in [-0.2, -0.15) is 0 Å². The highest BCUT2D eigenvalue weighted by Gasteiger charge is 2.34. The minimum atomic E-state index is 0.658. The van der Waals surface area contributed by atoms with Crippen molar-refractivity contribution in [3.8, 4) is 5.75 Å². The summed E-state index contributed by atoms with van der Waals surface area (Å²) >= 11 is 0. The number of methoxy groups -OCH3 is 1. The van der Waals surface area contributed by atoms with E-state index in [0.29, 0.717) is 6.04 Å². The molecule has 3 rings (SSSR count). The van der Waals surface area contributed by atoms with Crippen LogP contribution in [-0.4, -0.2) is 37.2 Å². The largest absolute Gasteiger partial charge is 0.496 e. The first-order valence-corrected chi connectivity index (χ1v) is 7.48. The summed E-state index contributed by atoms with van der Waals surface area (Å²) in [6.07, 6.45) is 5.44. The quantitative estimate of drug-likeness (QED) is 0.900. The molecule has 0 amide bonds. The summed E-state index contributed by atoms with van der Waals surface area (Å²) in [6, 6.07) is 9.73. The van der Waals surface area contributed by atoms with Crippen LogP contribution in [0.15, 0.2) is 24.3 Å². The topological polar surface area (TPSA) is 24.5 Å². The van der Waals surface area contributed by atoms with Crippen LogP contribution < -0.4 is 10.1 Å². The summed E-state index contributed by atoms with van der Waals surface area (Å²) in [4.78, 5) is 2.67. The third-order valence-electron chi connectivity index (χ3n) is 4.60. The molecule has 0 aromatic heterocycles. The molecular weight excluding hydrogens is 236 g/mol. The van der Waals surface area contributed by atoms with E-state index >= 15 is 0 Å². The van der Waals surface area contributed by atoms with Crippen molar-refractivity contribution in [3.05, 3.63) is 29.8 Å². The van der Waals surface area contributed by atoms with Crippen molar-refractivity contribution >= 4 is 0 Å². The fourth-order valence-electron chi connectivity index (χ4n) is 3.58. The number of nitrogens with zero attached hydrogens (tertiary/aromatic N) is 1. The van der Waals surface area contributed by atoms with Crippen LogP contribution in [0.2, 0.25) is 0 Å². The predicted octanol–water partition coefficient (Wildman–Crippen LogP) is 2.41. The first-order chi connectivity index (χ1) is 9.38. The van der Waals surface area contributed by atoms with Crippen molar-refractivity contribution in [2.75, 3.05) is 20.2 Å². The average molecular weight is 260 g/mol. The minimum absolute atomic E-state index is 0.658. The van der Waals surface area contributed by atoms with Crippen LogP contribution in [0.5, 0.6) is 5.75 Å². The summed E-state index contributed by atoms with van der Waals surface area (Å²) < 4.78 is 5.42. The summed E-state index contributed by atoms with van der Waals surface area (Å²) in [6.45, 7) is 3.49.